The van der Waals surface area contributed by atoms with Crippen molar-refractivity contribution in [2.45, 2.75) is 46.6 Å². The molecule has 1 aliphatic rings. The largest absolute Gasteiger partial charge is 0.452 e. The summed E-state index contributed by atoms with van der Waals surface area (Å²) in [7, 11) is 0. The van der Waals surface area contributed by atoms with Gasteiger partial charge in [-0.3, -0.25) is 14.4 Å². The van der Waals surface area contributed by atoms with E-state index in [1.165, 1.54) is 11.3 Å². The zero-order valence-corrected chi connectivity index (χ0v) is 18.7. The Morgan fingerprint density at radius 3 is 2.53 bits per heavy atom. The maximum absolute atomic E-state index is 12.7. The lowest BCUT2D eigenvalue weighted by Crippen LogP contribution is -2.43. The molecule has 1 aliphatic heterocycles. The van der Waals surface area contributed by atoms with Gasteiger partial charge in [-0.1, -0.05) is 23.8 Å². The van der Waals surface area contributed by atoms with E-state index >= 15 is 0 Å². The highest BCUT2D eigenvalue weighted by atomic mass is 32.1. The molecule has 6 nitrogen and oxygen atoms in total. The minimum atomic E-state index is -0.916. The lowest BCUT2D eigenvalue weighted by atomic mass is 9.98. The van der Waals surface area contributed by atoms with Crippen LogP contribution >= 0.6 is 11.3 Å². The van der Waals surface area contributed by atoms with E-state index in [1.807, 2.05) is 44.4 Å². The van der Waals surface area contributed by atoms with E-state index in [0.717, 1.165) is 28.8 Å². The number of nitrogens with zero attached hydrogens (tertiary/aromatic N) is 1. The zero-order chi connectivity index (χ0) is 21.8. The van der Waals surface area contributed by atoms with Crippen LogP contribution in [0.3, 0.4) is 0 Å². The number of hydrogen-bond donors (Lipinski definition) is 1. The van der Waals surface area contributed by atoms with E-state index in [-0.39, 0.29) is 11.8 Å². The van der Waals surface area contributed by atoms with Crippen LogP contribution in [0.5, 0.6) is 0 Å². The van der Waals surface area contributed by atoms with E-state index < -0.39 is 18.0 Å². The molecule has 2 amide bonds. The summed E-state index contributed by atoms with van der Waals surface area (Å²) >= 11 is 1.39. The van der Waals surface area contributed by atoms with Crippen LogP contribution in [0.2, 0.25) is 0 Å². The van der Waals surface area contributed by atoms with Crippen molar-refractivity contribution >= 4 is 34.8 Å². The summed E-state index contributed by atoms with van der Waals surface area (Å²) in [5.74, 6) is -1.27. The quantitative estimate of drug-likeness (QED) is 0.728. The van der Waals surface area contributed by atoms with Gasteiger partial charge in [-0.2, -0.15) is 0 Å². The third-order valence-electron chi connectivity index (χ3n) is 5.36. The molecule has 0 saturated carbocycles. The molecule has 2 unspecified atom stereocenters. The summed E-state index contributed by atoms with van der Waals surface area (Å²) < 4.78 is 5.46. The molecule has 2 atom stereocenters. The fourth-order valence-electron chi connectivity index (χ4n) is 3.84. The summed E-state index contributed by atoms with van der Waals surface area (Å²) in [4.78, 5) is 40.2. The first-order valence-corrected chi connectivity index (χ1v) is 11.1. The van der Waals surface area contributed by atoms with Gasteiger partial charge < -0.3 is 15.0 Å². The van der Waals surface area contributed by atoms with Crippen molar-refractivity contribution in [3.05, 3.63) is 51.2 Å². The minimum absolute atomic E-state index is 0.0568. The number of ether oxygens (including phenoxy) is 1. The molecular weight excluding hydrogens is 400 g/mol. The van der Waals surface area contributed by atoms with Crippen molar-refractivity contribution < 1.29 is 19.1 Å². The van der Waals surface area contributed by atoms with Crippen molar-refractivity contribution in [2.24, 2.45) is 5.92 Å². The summed E-state index contributed by atoms with van der Waals surface area (Å²) in [5.41, 5.74) is 3.81. The second kappa shape index (κ2) is 9.43. The highest BCUT2D eigenvalue weighted by Crippen LogP contribution is 2.24. The van der Waals surface area contributed by atoms with Gasteiger partial charge in [-0.15, -0.1) is 11.3 Å². The molecule has 30 heavy (non-hydrogen) atoms. The van der Waals surface area contributed by atoms with Crippen molar-refractivity contribution in [3.8, 4) is 0 Å². The highest BCUT2D eigenvalue weighted by Gasteiger charge is 2.32. The number of aryl methyl sites for hydroxylation is 3. The molecule has 2 heterocycles. The standard InChI is InChI=1S/C23H28N2O4S/c1-14-11-15(2)20(16(3)12-14)24-21(26)17(4)29-23(28)18-7-5-9-25(13-18)22(27)19-8-6-10-30-19/h6,8,10-12,17-18H,5,7,9,13H2,1-4H3,(H,24,26). The van der Waals surface area contributed by atoms with Crippen molar-refractivity contribution in [3.63, 3.8) is 0 Å². The fraction of sp³-hybridized carbons (Fsp3) is 0.435. The van der Waals surface area contributed by atoms with Crippen LogP contribution in [-0.4, -0.2) is 41.9 Å². The molecule has 1 fully saturated rings. The number of anilines is 1. The third-order valence-corrected chi connectivity index (χ3v) is 6.22. The Bertz CT molecular complexity index is 916. The van der Waals surface area contributed by atoms with Gasteiger partial charge in [0.05, 0.1) is 10.8 Å². The first kappa shape index (κ1) is 22.0. The number of thiophene rings is 1. The van der Waals surface area contributed by atoms with Crippen LogP contribution in [0.4, 0.5) is 5.69 Å². The number of esters is 1. The first-order valence-electron chi connectivity index (χ1n) is 10.2. The van der Waals surface area contributed by atoms with Crippen LogP contribution in [0.1, 0.15) is 46.1 Å². The van der Waals surface area contributed by atoms with Crippen molar-refractivity contribution in [2.75, 3.05) is 18.4 Å². The van der Waals surface area contributed by atoms with E-state index in [4.69, 9.17) is 4.74 Å². The number of piperidine rings is 1. The first-order chi connectivity index (χ1) is 14.3. The predicted molar refractivity (Wildman–Crippen MR) is 118 cm³/mol. The Morgan fingerprint density at radius 2 is 1.90 bits per heavy atom. The molecule has 0 aliphatic carbocycles. The molecule has 0 radical (unpaired) electrons. The topological polar surface area (TPSA) is 75.7 Å². The Kier molecular flexibility index (Phi) is 6.92. The van der Waals surface area contributed by atoms with Crippen LogP contribution in [0.25, 0.3) is 0 Å². The summed E-state index contributed by atoms with van der Waals surface area (Å²) in [6, 6.07) is 7.63. The Balaban J connectivity index is 1.58. The van der Waals surface area contributed by atoms with E-state index in [9.17, 15) is 14.4 Å². The molecule has 1 aromatic carbocycles. The lowest BCUT2D eigenvalue weighted by molar-refractivity contribution is -0.158. The Labute approximate surface area is 181 Å². The minimum Gasteiger partial charge on any atom is -0.452 e. The van der Waals surface area contributed by atoms with Crippen molar-refractivity contribution in [1.82, 2.24) is 4.90 Å². The number of likely N-dealkylation sites (tertiary alicyclic amines) is 1. The number of hydrogen-bond acceptors (Lipinski definition) is 5. The average molecular weight is 429 g/mol. The van der Waals surface area contributed by atoms with Gasteiger partial charge in [0.2, 0.25) is 0 Å². The molecule has 2 aromatic rings. The Hall–Kier alpha value is -2.67. The van der Waals surface area contributed by atoms with Gasteiger partial charge in [0.25, 0.3) is 11.8 Å². The second-order valence-corrected chi connectivity index (χ2v) is 8.86. The predicted octanol–water partition coefficient (Wildman–Crippen LogP) is 4.10. The van der Waals surface area contributed by atoms with E-state index in [2.05, 4.69) is 5.32 Å². The third kappa shape index (κ3) is 5.08. The summed E-state index contributed by atoms with van der Waals surface area (Å²) in [6.45, 7) is 8.40. The van der Waals surface area contributed by atoms with Crippen LogP contribution < -0.4 is 5.32 Å². The number of benzene rings is 1. The van der Waals surface area contributed by atoms with Gasteiger partial charge in [0, 0.05) is 18.8 Å². The monoisotopic (exact) mass is 428 g/mol. The smallest absolute Gasteiger partial charge is 0.311 e. The summed E-state index contributed by atoms with van der Waals surface area (Å²) in [6.07, 6.45) is 0.470. The normalized spacial score (nSPS) is 17.3. The highest BCUT2D eigenvalue weighted by molar-refractivity contribution is 7.12. The van der Waals surface area contributed by atoms with E-state index in [0.29, 0.717) is 24.4 Å². The van der Waals surface area contributed by atoms with Crippen LogP contribution in [0.15, 0.2) is 29.6 Å². The number of rotatable bonds is 5. The number of amides is 2. The van der Waals surface area contributed by atoms with E-state index in [1.54, 1.807) is 17.9 Å². The van der Waals surface area contributed by atoms with Gasteiger partial charge in [-0.05, 0) is 63.1 Å². The maximum Gasteiger partial charge on any atom is 0.311 e. The number of carbonyl (C=O) groups excluding carboxylic acids is 3. The molecule has 1 aromatic heterocycles. The van der Waals surface area contributed by atoms with Gasteiger partial charge in [0.15, 0.2) is 6.10 Å². The van der Waals surface area contributed by atoms with Crippen LogP contribution in [-0.2, 0) is 14.3 Å². The zero-order valence-electron chi connectivity index (χ0n) is 17.9. The molecule has 0 spiro atoms. The summed E-state index contributed by atoms with van der Waals surface area (Å²) in [5, 5.41) is 4.74. The second-order valence-electron chi connectivity index (χ2n) is 7.91. The van der Waals surface area contributed by atoms with Crippen molar-refractivity contribution in [1.29, 1.82) is 0 Å². The molecule has 160 valence electrons. The molecule has 0 bridgehead atoms. The Morgan fingerprint density at radius 1 is 1.20 bits per heavy atom. The SMILES string of the molecule is Cc1cc(C)c(NC(=O)C(C)OC(=O)C2CCCN(C(=O)c3cccs3)C2)c(C)c1. The van der Waals surface area contributed by atoms with Crippen LogP contribution in [0, 0.1) is 26.7 Å². The lowest BCUT2D eigenvalue weighted by Gasteiger charge is -2.31. The maximum atomic E-state index is 12.7. The number of nitrogens with one attached hydrogen (secondary N) is 1. The van der Waals surface area contributed by atoms with Gasteiger partial charge >= 0.3 is 5.97 Å². The van der Waals surface area contributed by atoms with Gasteiger partial charge in [-0.25, -0.2) is 0 Å². The molecule has 1 saturated heterocycles. The average Bonchev–Trinajstić information content (AvgIpc) is 3.24. The number of carbonyl (C=O) groups is 3. The molecule has 3 rings (SSSR count). The molecular formula is C23H28N2O4S. The van der Waals surface area contributed by atoms with Gasteiger partial charge in [0.1, 0.15) is 0 Å². The molecule has 1 N–H and O–H groups in total. The molecule has 7 heteroatoms. The fourth-order valence-corrected chi connectivity index (χ4v) is 4.53.